The molecule has 0 bridgehead atoms. The van der Waals surface area contributed by atoms with Gasteiger partial charge < -0.3 is 5.32 Å². The molecular formula is C24H23N3O. The molecule has 0 spiro atoms. The van der Waals surface area contributed by atoms with Crippen molar-refractivity contribution in [3.8, 4) is 11.3 Å². The van der Waals surface area contributed by atoms with Crippen LogP contribution in [0.15, 0.2) is 78.9 Å². The molecule has 140 valence electrons. The van der Waals surface area contributed by atoms with Gasteiger partial charge in [-0.1, -0.05) is 66.8 Å². The quantitative estimate of drug-likeness (QED) is 0.657. The van der Waals surface area contributed by atoms with Crippen molar-refractivity contribution in [1.82, 2.24) is 15.5 Å². The van der Waals surface area contributed by atoms with Crippen LogP contribution in [0.5, 0.6) is 0 Å². The summed E-state index contributed by atoms with van der Waals surface area (Å²) in [7, 11) is 0. The van der Waals surface area contributed by atoms with E-state index in [0.29, 0.717) is 12.1 Å². The number of nitrogens with one attached hydrogen (secondary N) is 2. The third kappa shape index (κ3) is 4.12. The lowest BCUT2D eigenvalue weighted by atomic mass is 10.00. The van der Waals surface area contributed by atoms with Gasteiger partial charge in [0.25, 0.3) is 5.91 Å². The number of nitrogens with zero attached hydrogens (tertiary/aromatic N) is 1. The zero-order valence-corrected chi connectivity index (χ0v) is 15.7. The van der Waals surface area contributed by atoms with E-state index in [9.17, 15) is 4.79 Å². The molecule has 1 aliphatic carbocycles. The fourth-order valence-corrected chi connectivity index (χ4v) is 3.42. The fraction of sp³-hybridized carbons (Fsp3) is 0.167. The molecule has 2 N–H and O–H groups in total. The summed E-state index contributed by atoms with van der Waals surface area (Å²) in [5.74, 6) is -0.0671. The Kier molecular flexibility index (Phi) is 5.48. The number of hydrogen-bond acceptors (Lipinski definition) is 2. The van der Waals surface area contributed by atoms with Gasteiger partial charge in [-0.2, -0.15) is 5.10 Å². The Bertz CT molecular complexity index is 1020. The van der Waals surface area contributed by atoms with Crippen LogP contribution in [0.3, 0.4) is 0 Å². The van der Waals surface area contributed by atoms with Gasteiger partial charge >= 0.3 is 0 Å². The van der Waals surface area contributed by atoms with Crippen LogP contribution in [0.1, 0.15) is 34.5 Å². The van der Waals surface area contributed by atoms with Crippen molar-refractivity contribution in [2.24, 2.45) is 0 Å². The van der Waals surface area contributed by atoms with Crippen molar-refractivity contribution >= 4 is 11.5 Å². The zero-order chi connectivity index (χ0) is 19.2. The lowest BCUT2D eigenvalue weighted by Crippen LogP contribution is -2.26. The van der Waals surface area contributed by atoms with Crippen LogP contribution >= 0.6 is 0 Å². The maximum Gasteiger partial charge on any atom is 0.251 e. The van der Waals surface area contributed by atoms with Crippen LogP contribution in [0, 0.1) is 0 Å². The number of aromatic nitrogens is 2. The molecule has 0 unspecified atom stereocenters. The molecular weight excluding hydrogens is 346 g/mol. The van der Waals surface area contributed by atoms with Crippen LogP contribution in [0.2, 0.25) is 0 Å². The summed E-state index contributed by atoms with van der Waals surface area (Å²) >= 11 is 0. The highest BCUT2D eigenvalue weighted by molar-refractivity contribution is 6.00. The standard InChI is InChI=1S/C24H23N3O/c28-24(25-16-15-18-9-3-1-4-10-18)21-14-8-7-13-20(21)23-17-22(26-27-23)19-11-5-2-6-12-19/h1-5,7-11,13-14,17H,6,12,15-16H2,(H,25,28)(H,26,27). The first kappa shape index (κ1) is 18.0. The van der Waals surface area contributed by atoms with E-state index in [4.69, 9.17) is 0 Å². The number of amides is 1. The van der Waals surface area contributed by atoms with Gasteiger partial charge in [-0.15, -0.1) is 0 Å². The SMILES string of the molecule is O=C(NCCc1ccccc1)c1ccccc1-c1cc(C2=CC=CCC2)n[nH]1. The summed E-state index contributed by atoms with van der Waals surface area (Å²) in [6.07, 6.45) is 9.17. The molecule has 3 aromatic rings. The van der Waals surface area contributed by atoms with Crippen LogP contribution < -0.4 is 5.32 Å². The molecule has 4 rings (SSSR count). The predicted molar refractivity (Wildman–Crippen MR) is 113 cm³/mol. The van der Waals surface area contributed by atoms with E-state index in [-0.39, 0.29) is 5.91 Å². The lowest BCUT2D eigenvalue weighted by molar-refractivity contribution is 0.0955. The summed E-state index contributed by atoms with van der Waals surface area (Å²) in [5.41, 5.74) is 5.76. The molecule has 1 heterocycles. The number of H-pyrrole nitrogens is 1. The van der Waals surface area contributed by atoms with Gasteiger partial charge in [-0.3, -0.25) is 9.89 Å². The highest BCUT2D eigenvalue weighted by atomic mass is 16.1. The van der Waals surface area contributed by atoms with Crippen LogP contribution in [0.25, 0.3) is 16.8 Å². The van der Waals surface area contributed by atoms with Gasteiger partial charge in [0.1, 0.15) is 0 Å². The molecule has 4 nitrogen and oxygen atoms in total. The molecule has 0 aliphatic heterocycles. The fourth-order valence-electron chi connectivity index (χ4n) is 3.42. The minimum atomic E-state index is -0.0671. The number of carbonyl (C=O) groups is 1. The van der Waals surface area contributed by atoms with Crippen LogP contribution in [0.4, 0.5) is 0 Å². The minimum Gasteiger partial charge on any atom is -0.352 e. The van der Waals surface area contributed by atoms with Crippen LogP contribution in [-0.4, -0.2) is 22.6 Å². The second-order valence-electron chi connectivity index (χ2n) is 6.86. The molecule has 0 saturated carbocycles. The molecule has 0 radical (unpaired) electrons. The maximum atomic E-state index is 12.8. The normalized spacial score (nSPS) is 13.2. The van der Waals surface area contributed by atoms with Crippen LogP contribution in [-0.2, 0) is 6.42 Å². The summed E-state index contributed by atoms with van der Waals surface area (Å²) in [6, 6.07) is 19.8. The number of allylic oxidation sites excluding steroid dienone is 4. The molecule has 0 atom stereocenters. The Morgan fingerprint density at radius 3 is 2.71 bits per heavy atom. The van der Waals surface area contributed by atoms with Crippen molar-refractivity contribution in [2.75, 3.05) is 6.54 Å². The molecule has 1 amide bonds. The van der Waals surface area contributed by atoms with Gasteiger partial charge in [0.05, 0.1) is 11.4 Å². The Morgan fingerprint density at radius 2 is 1.89 bits per heavy atom. The highest BCUT2D eigenvalue weighted by Crippen LogP contribution is 2.27. The second kappa shape index (κ2) is 8.53. The van der Waals surface area contributed by atoms with E-state index in [1.165, 1.54) is 11.1 Å². The number of rotatable bonds is 6. The summed E-state index contributed by atoms with van der Waals surface area (Å²) < 4.78 is 0. The molecule has 0 fully saturated rings. The van der Waals surface area contributed by atoms with Crippen molar-refractivity contribution in [3.05, 3.63) is 95.7 Å². The number of carbonyl (C=O) groups excluding carboxylic acids is 1. The first-order valence-corrected chi connectivity index (χ1v) is 9.64. The summed E-state index contributed by atoms with van der Waals surface area (Å²) in [6.45, 7) is 0.602. The van der Waals surface area contributed by atoms with Gasteiger partial charge in [0, 0.05) is 17.7 Å². The van der Waals surface area contributed by atoms with E-state index in [0.717, 1.165) is 36.2 Å². The first-order valence-electron chi connectivity index (χ1n) is 9.64. The Morgan fingerprint density at radius 1 is 1.07 bits per heavy atom. The van der Waals surface area contributed by atoms with E-state index in [2.05, 4.69) is 45.9 Å². The first-order chi connectivity index (χ1) is 13.8. The van der Waals surface area contributed by atoms with E-state index >= 15 is 0 Å². The van der Waals surface area contributed by atoms with E-state index in [1.807, 2.05) is 48.5 Å². The van der Waals surface area contributed by atoms with Crippen molar-refractivity contribution in [3.63, 3.8) is 0 Å². The largest absolute Gasteiger partial charge is 0.352 e. The molecule has 2 aromatic carbocycles. The Labute approximate surface area is 165 Å². The summed E-state index contributed by atoms with van der Waals surface area (Å²) in [5, 5.41) is 10.6. The topological polar surface area (TPSA) is 57.8 Å². The Hall–Kier alpha value is -3.40. The van der Waals surface area contributed by atoms with Crippen molar-refractivity contribution < 1.29 is 4.79 Å². The minimum absolute atomic E-state index is 0.0671. The van der Waals surface area contributed by atoms with Gasteiger partial charge in [0.2, 0.25) is 0 Å². The van der Waals surface area contributed by atoms with Gasteiger partial charge in [0.15, 0.2) is 0 Å². The number of aromatic amines is 1. The van der Waals surface area contributed by atoms with Gasteiger partial charge in [-0.05, 0) is 42.5 Å². The third-order valence-corrected chi connectivity index (χ3v) is 4.92. The van der Waals surface area contributed by atoms with E-state index in [1.54, 1.807) is 0 Å². The average molecular weight is 369 g/mol. The molecule has 1 aliphatic rings. The smallest absolute Gasteiger partial charge is 0.251 e. The predicted octanol–water partition coefficient (Wildman–Crippen LogP) is 4.78. The lowest BCUT2D eigenvalue weighted by Gasteiger charge is -2.09. The molecule has 0 saturated heterocycles. The number of benzene rings is 2. The second-order valence-corrected chi connectivity index (χ2v) is 6.86. The van der Waals surface area contributed by atoms with E-state index < -0.39 is 0 Å². The maximum absolute atomic E-state index is 12.8. The van der Waals surface area contributed by atoms with Gasteiger partial charge in [-0.25, -0.2) is 0 Å². The zero-order valence-electron chi connectivity index (χ0n) is 15.7. The monoisotopic (exact) mass is 369 g/mol. The van der Waals surface area contributed by atoms with Crippen molar-refractivity contribution in [2.45, 2.75) is 19.3 Å². The van der Waals surface area contributed by atoms with Crippen molar-refractivity contribution in [1.29, 1.82) is 0 Å². The third-order valence-electron chi connectivity index (χ3n) is 4.92. The molecule has 1 aromatic heterocycles. The molecule has 4 heteroatoms. The summed E-state index contributed by atoms with van der Waals surface area (Å²) in [4.78, 5) is 12.8. The average Bonchev–Trinajstić information content (AvgIpc) is 3.25. The molecule has 28 heavy (non-hydrogen) atoms. The highest BCUT2D eigenvalue weighted by Gasteiger charge is 2.15. The number of hydrogen-bond donors (Lipinski definition) is 2. The Balaban J connectivity index is 1.49.